The van der Waals surface area contributed by atoms with Gasteiger partial charge in [0.15, 0.2) is 25.6 Å². The molecule has 0 unspecified atom stereocenters. The van der Waals surface area contributed by atoms with Crippen molar-refractivity contribution in [2.24, 2.45) is 5.92 Å². The van der Waals surface area contributed by atoms with Gasteiger partial charge in [-0.3, -0.25) is 9.78 Å². The Bertz CT molecular complexity index is 1100. The Balaban J connectivity index is 1.58. The van der Waals surface area contributed by atoms with Crippen molar-refractivity contribution in [3.63, 3.8) is 0 Å². The number of benzene rings is 1. The number of carboxylic acid groups (broad SMARTS) is 1. The van der Waals surface area contributed by atoms with Gasteiger partial charge in [0.2, 0.25) is 6.79 Å². The molecule has 4 rings (SSSR count). The molecule has 9 heteroatoms. The molecule has 3 heterocycles. The van der Waals surface area contributed by atoms with E-state index in [1.165, 1.54) is 0 Å². The van der Waals surface area contributed by atoms with Crippen molar-refractivity contribution in [1.29, 1.82) is 0 Å². The Morgan fingerprint density at radius 2 is 1.94 bits per heavy atom. The van der Waals surface area contributed by atoms with Gasteiger partial charge in [-0.1, -0.05) is 26.8 Å². The second-order valence-corrected chi connectivity index (χ2v) is 15.4. The van der Waals surface area contributed by atoms with Crippen molar-refractivity contribution in [1.82, 2.24) is 9.97 Å². The van der Waals surface area contributed by atoms with Crippen molar-refractivity contribution in [3.8, 4) is 22.8 Å². The fraction of sp³-hybridized carbons (Fsp3) is 0.500. The van der Waals surface area contributed by atoms with Gasteiger partial charge in [-0.05, 0) is 55.2 Å². The summed E-state index contributed by atoms with van der Waals surface area (Å²) in [7, 11) is -1.82. The minimum atomic E-state index is -1.82. The molecule has 35 heavy (non-hydrogen) atoms. The summed E-state index contributed by atoms with van der Waals surface area (Å²) >= 11 is 0. The first kappa shape index (κ1) is 25.2. The molecule has 8 nitrogen and oxygen atoms in total. The monoisotopic (exact) mass is 497 g/mol. The average Bonchev–Trinajstić information content (AvgIpc) is 3.29. The number of aromatic nitrogens is 2. The summed E-state index contributed by atoms with van der Waals surface area (Å²) in [6.45, 7) is 13.1. The first-order chi connectivity index (χ1) is 16.5. The number of piperidine rings is 1. The van der Waals surface area contributed by atoms with E-state index in [9.17, 15) is 9.90 Å². The van der Waals surface area contributed by atoms with Gasteiger partial charge < -0.3 is 23.9 Å². The molecule has 0 aliphatic carbocycles. The van der Waals surface area contributed by atoms with Crippen molar-refractivity contribution in [3.05, 3.63) is 36.2 Å². The quantitative estimate of drug-likeness (QED) is 0.521. The molecule has 0 spiro atoms. The molecule has 0 atom stereocenters. The summed E-state index contributed by atoms with van der Waals surface area (Å²) in [5.41, 5.74) is 2.37. The fourth-order valence-corrected chi connectivity index (χ4v) is 4.87. The van der Waals surface area contributed by atoms with Crippen LogP contribution in [-0.2, 0) is 9.22 Å². The van der Waals surface area contributed by atoms with E-state index in [0.717, 1.165) is 22.8 Å². The van der Waals surface area contributed by atoms with E-state index in [2.05, 4.69) is 38.8 Å². The predicted molar refractivity (Wildman–Crippen MR) is 138 cm³/mol. The zero-order valence-electron chi connectivity index (χ0n) is 21.2. The second-order valence-electron chi connectivity index (χ2n) is 10.6. The number of aliphatic carboxylic acids is 1. The van der Waals surface area contributed by atoms with Gasteiger partial charge in [0.05, 0.1) is 24.4 Å². The Hall–Kier alpha value is -2.91. The van der Waals surface area contributed by atoms with Crippen molar-refractivity contribution in [2.45, 2.75) is 51.7 Å². The highest BCUT2D eigenvalue weighted by molar-refractivity contribution is 6.74. The van der Waals surface area contributed by atoms with Crippen LogP contribution in [0.3, 0.4) is 0 Å². The number of nitrogens with zero attached hydrogens (tertiary/aromatic N) is 3. The van der Waals surface area contributed by atoms with Crippen LogP contribution in [0, 0.1) is 5.92 Å². The zero-order valence-corrected chi connectivity index (χ0v) is 22.2. The van der Waals surface area contributed by atoms with Crippen LogP contribution >= 0.6 is 0 Å². The number of ether oxygens (including phenoxy) is 2. The van der Waals surface area contributed by atoms with Crippen molar-refractivity contribution in [2.75, 3.05) is 31.4 Å². The molecule has 1 fully saturated rings. The summed E-state index contributed by atoms with van der Waals surface area (Å²) in [4.78, 5) is 23.3. The molecule has 2 aromatic rings. The van der Waals surface area contributed by atoms with Crippen LogP contribution in [0.5, 0.6) is 11.5 Å². The van der Waals surface area contributed by atoms with E-state index in [0.29, 0.717) is 44.0 Å². The fourth-order valence-electron chi connectivity index (χ4n) is 3.92. The smallest absolute Gasteiger partial charge is 0.306 e. The maximum atomic E-state index is 11.4. The first-order valence-electron chi connectivity index (χ1n) is 12.1. The molecule has 188 valence electrons. The summed E-state index contributed by atoms with van der Waals surface area (Å²) < 4.78 is 17.2. The molecule has 0 amide bonds. The van der Waals surface area contributed by atoms with E-state index in [-0.39, 0.29) is 17.7 Å². The normalized spacial score (nSPS) is 16.8. The van der Waals surface area contributed by atoms with Gasteiger partial charge in [-0.25, -0.2) is 4.98 Å². The highest BCUT2D eigenvalue weighted by atomic mass is 28.4. The van der Waals surface area contributed by atoms with E-state index >= 15 is 0 Å². The molecule has 1 aromatic carbocycles. The number of carbonyl (C=O) groups is 1. The third kappa shape index (κ3) is 5.67. The summed E-state index contributed by atoms with van der Waals surface area (Å²) in [5, 5.41) is 9.55. The number of anilines is 1. The van der Waals surface area contributed by atoms with Gasteiger partial charge in [0, 0.05) is 18.7 Å². The lowest BCUT2D eigenvalue weighted by Gasteiger charge is -2.35. The van der Waals surface area contributed by atoms with Crippen molar-refractivity contribution < 1.29 is 23.8 Å². The second kappa shape index (κ2) is 9.99. The molecule has 1 saturated heterocycles. The minimum Gasteiger partial charge on any atom is -0.481 e. The van der Waals surface area contributed by atoms with Gasteiger partial charge in [-0.2, -0.15) is 0 Å². The molecular formula is C26H35N3O5Si. The number of fused-ring (bicyclic) bond motifs is 1. The first-order valence-corrected chi connectivity index (χ1v) is 15.0. The van der Waals surface area contributed by atoms with Crippen LogP contribution in [0.2, 0.25) is 18.1 Å². The van der Waals surface area contributed by atoms with E-state index in [1.807, 2.05) is 30.4 Å². The van der Waals surface area contributed by atoms with Crippen LogP contribution in [0.4, 0.5) is 5.82 Å². The molecule has 1 aromatic heterocycles. The van der Waals surface area contributed by atoms with Crippen LogP contribution in [-0.4, -0.2) is 55.9 Å². The number of hydrogen-bond donors (Lipinski definition) is 1. The van der Waals surface area contributed by atoms with E-state index in [4.69, 9.17) is 23.9 Å². The largest absolute Gasteiger partial charge is 0.481 e. The maximum Gasteiger partial charge on any atom is 0.306 e. The third-order valence-electron chi connectivity index (χ3n) is 7.20. The Morgan fingerprint density at radius 1 is 1.23 bits per heavy atom. The zero-order chi connectivity index (χ0) is 25.2. The number of carboxylic acids is 1. The topological polar surface area (TPSA) is 94.0 Å². The highest BCUT2D eigenvalue weighted by Crippen LogP contribution is 2.39. The number of hydrogen-bond acceptors (Lipinski definition) is 7. The molecule has 2 aliphatic heterocycles. The lowest BCUT2D eigenvalue weighted by atomic mass is 9.97. The summed E-state index contributed by atoms with van der Waals surface area (Å²) in [5.74, 6) is 1.10. The lowest BCUT2D eigenvalue weighted by Crippen LogP contribution is -2.40. The lowest BCUT2D eigenvalue weighted by molar-refractivity contribution is -0.142. The Morgan fingerprint density at radius 3 is 2.63 bits per heavy atom. The standard InChI is InChI=1S/C26H35N3O5Si/c1-26(2,3)35(4,5)34-14-6-7-20-16-27-23(19-8-9-21-22(15-19)33-17-32-21)24(28-20)29-12-10-18(11-13-29)25(30)31/h6-9,15-16,18H,10-14,17H2,1-5H3,(H,30,31)/b7-6+. The van der Waals surface area contributed by atoms with Crippen LogP contribution in [0.15, 0.2) is 30.5 Å². The summed E-state index contributed by atoms with van der Waals surface area (Å²) in [6.07, 6.45) is 6.86. The van der Waals surface area contributed by atoms with Gasteiger partial charge in [0.25, 0.3) is 0 Å². The molecule has 0 radical (unpaired) electrons. The molecule has 0 bridgehead atoms. The Labute approximate surface area is 208 Å². The molecular weight excluding hydrogens is 462 g/mol. The molecule has 1 N–H and O–H groups in total. The predicted octanol–water partition coefficient (Wildman–Crippen LogP) is 5.21. The highest BCUT2D eigenvalue weighted by Gasteiger charge is 2.36. The SMILES string of the molecule is CC(C)(C)[Si](C)(C)OC/C=C/c1cnc(-c2ccc3c(c2)OCO3)c(N2CCC(C(=O)O)CC2)n1. The van der Waals surface area contributed by atoms with Gasteiger partial charge in [0.1, 0.15) is 5.69 Å². The van der Waals surface area contributed by atoms with Gasteiger partial charge >= 0.3 is 5.97 Å². The van der Waals surface area contributed by atoms with Crippen LogP contribution in [0.25, 0.3) is 17.3 Å². The van der Waals surface area contributed by atoms with E-state index < -0.39 is 14.3 Å². The van der Waals surface area contributed by atoms with Gasteiger partial charge in [-0.15, -0.1) is 0 Å². The van der Waals surface area contributed by atoms with Crippen LogP contribution < -0.4 is 14.4 Å². The minimum absolute atomic E-state index is 0.155. The number of rotatable bonds is 7. The van der Waals surface area contributed by atoms with E-state index in [1.54, 1.807) is 6.20 Å². The average molecular weight is 498 g/mol. The van der Waals surface area contributed by atoms with Crippen molar-refractivity contribution >= 4 is 26.2 Å². The summed E-state index contributed by atoms with van der Waals surface area (Å²) in [6, 6.07) is 5.75. The Kier molecular flexibility index (Phi) is 7.19. The maximum absolute atomic E-state index is 11.4. The third-order valence-corrected chi connectivity index (χ3v) is 11.7. The molecule has 2 aliphatic rings. The molecule has 0 saturated carbocycles. The van der Waals surface area contributed by atoms with Crippen LogP contribution in [0.1, 0.15) is 39.3 Å².